The van der Waals surface area contributed by atoms with E-state index in [4.69, 9.17) is 28.9 Å². The normalized spacial score (nSPS) is 9.69. The first-order chi connectivity index (χ1) is 6.08. The minimum atomic E-state index is 0.260. The van der Waals surface area contributed by atoms with Gasteiger partial charge in [0.15, 0.2) is 5.11 Å². The van der Waals surface area contributed by atoms with Gasteiger partial charge in [-0.2, -0.15) is 0 Å². The lowest BCUT2D eigenvalue weighted by Gasteiger charge is -2.04. The Morgan fingerprint density at radius 3 is 2.31 bits per heavy atom. The fraction of sp³-hybridized carbons (Fsp3) is 0.125. The lowest BCUT2D eigenvalue weighted by molar-refractivity contribution is 0.920. The van der Waals surface area contributed by atoms with Crippen molar-refractivity contribution in [3.8, 4) is 0 Å². The molecule has 0 heterocycles. The van der Waals surface area contributed by atoms with Gasteiger partial charge in [-0.3, -0.25) is 0 Å². The van der Waals surface area contributed by atoms with Crippen molar-refractivity contribution in [1.29, 1.82) is 0 Å². The number of halogens is 2. The van der Waals surface area contributed by atoms with E-state index >= 15 is 0 Å². The monoisotopic (exact) mass is 234 g/mol. The van der Waals surface area contributed by atoms with E-state index in [-0.39, 0.29) is 5.11 Å². The van der Waals surface area contributed by atoms with Crippen LogP contribution < -0.4 is 11.1 Å². The predicted molar refractivity (Wildman–Crippen MR) is 60.1 cm³/mol. The Labute approximate surface area is 92.0 Å². The Balaban J connectivity index is 2.71. The molecule has 0 aromatic heterocycles. The second-order valence-electron chi connectivity index (χ2n) is 2.50. The van der Waals surface area contributed by atoms with Gasteiger partial charge in [-0.05, 0) is 36.0 Å². The standard InChI is InChI=1S/C8H8Cl2N2S/c9-6-1-5(2-7(10)3-6)4-12-8(11)13/h1-3H,4H2,(H3,11,12,13). The molecule has 1 aromatic rings. The molecular formula is C8H8Cl2N2S. The van der Waals surface area contributed by atoms with Crippen LogP contribution in [0.1, 0.15) is 5.56 Å². The van der Waals surface area contributed by atoms with E-state index in [2.05, 4.69) is 17.5 Å². The van der Waals surface area contributed by atoms with E-state index in [0.29, 0.717) is 16.6 Å². The molecule has 0 bridgehead atoms. The lowest BCUT2D eigenvalue weighted by atomic mass is 10.2. The van der Waals surface area contributed by atoms with Gasteiger partial charge in [-0.1, -0.05) is 23.2 Å². The third-order valence-corrected chi connectivity index (χ3v) is 1.97. The molecule has 0 saturated carbocycles. The minimum absolute atomic E-state index is 0.260. The molecule has 70 valence electrons. The Kier molecular flexibility index (Phi) is 3.78. The van der Waals surface area contributed by atoms with Crippen molar-refractivity contribution < 1.29 is 0 Å². The van der Waals surface area contributed by atoms with Crippen molar-refractivity contribution in [2.24, 2.45) is 5.73 Å². The highest BCUT2D eigenvalue weighted by Crippen LogP contribution is 2.18. The van der Waals surface area contributed by atoms with Gasteiger partial charge in [0.1, 0.15) is 0 Å². The van der Waals surface area contributed by atoms with Crippen molar-refractivity contribution in [2.75, 3.05) is 0 Å². The van der Waals surface area contributed by atoms with Gasteiger partial charge in [0.05, 0.1) is 0 Å². The largest absolute Gasteiger partial charge is 0.376 e. The first-order valence-corrected chi connectivity index (χ1v) is 4.72. The maximum atomic E-state index is 5.79. The molecule has 0 atom stereocenters. The smallest absolute Gasteiger partial charge is 0.163 e. The van der Waals surface area contributed by atoms with Crippen LogP contribution in [0.5, 0.6) is 0 Å². The van der Waals surface area contributed by atoms with Crippen LogP contribution in [0.15, 0.2) is 18.2 Å². The zero-order valence-corrected chi connectivity index (χ0v) is 9.01. The van der Waals surface area contributed by atoms with Gasteiger partial charge in [-0.15, -0.1) is 0 Å². The van der Waals surface area contributed by atoms with Crippen molar-refractivity contribution in [2.45, 2.75) is 6.54 Å². The zero-order valence-electron chi connectivity index (χ0n) is 6.68. The fourth-order valence-electron chi connectivity index (χ4n) is 0.902. The van der Waals surface area contributed by atoms with Gasteiger partial charge in [0, 0.05) is 16.6 Å². The highest BCUT2D eigenvalue weighted by atomic mass is 35.5. The van der Waals surface area contributed by atoms with Crippen molar-refractivity contribution in [1.82, 2.24) is 5.32 Å². The van der Waals surface area contributed by atoms with Crippen molar-refractivity contribution in [3.05, 3.63) is 33.8 Å². The van der Waals surface area contributed by atoms with Gasteiger partial charge in [0.2, 0.25) is 0 Å². The first-order valence-electron chi connectivity index (χ1n) is 3.56. The molecule has 13 heavy (non-hydrogen) atoms. The maximum absolute atomic E-state index is 5.79. The number of hydrogen-bond donors (Lipinski definition) is 2. The average Bonchev–Trinajstić information content (AvgIpc) is 1.99. The summed E-state index contributed by atoms with van der Waals surface area (Å²) in [5, 5.41) is 4.28. The number of nitrogens with two attached hydrogens (primary N) is 1. The topological polar surface area (TPSA) is 38.0 Å². The lowest BCUT2D eigenvalue weighted by Crippen LogP contribution is -2.28. The highest BCUT2D eigenvalue weighted by molar-refractivity contribution is 7.80. The molecule has 0 aliphatic carbocycles. The molecule has 0 aliphatic rings. The summed E-state index contributed by atoms with van der Waals surface area (Å²) in [4.78, 5) is 0. The molecule has 0 amide bonds. The molecule has 0 radical (unpaired) electrons. The third kappa shape index (κ3) is 3.81. The van der Waals surface area contributed by atoms with Crippen molar-refractivity contribution >= 4 is 40.5 Å². The molecule has 0 spiro atoms. The minimum Gasteiger partial charge on any atom is -0.376 e. The van der Waals surface area contributed by atoms with Gasteiger partial charge >= 0.3 is 0 Å². The van der Waals surface area contributed by atoms with Crippen LogP contribution in [-0.4, -0.2) is 5.11 Å². The van der Waals surface area contributed by atoms with E-state index < -0.39 is 0 Å². The average molecular weight is 235 g/mol. The number of thiocarbonyl (C=S) groups is 1. The predicted octanol–water partition coefficient (Wildman–Crippen LogP) is 2.33. The Morgan fingerprint density at radius 1 is 1.31 bits per heavy atom. The molecule has 1 aromatic carbocycles. The van der Waals surface area contributed by atoms with Crippen LogP contribution in [0.2, 0.25) is 10.0 Å². The quantitative estimate of drug-likeness (QED) is 0.772. The second-order valence-corrected chi connectivity index (χ2v) is 3.81. The Hall–Kier alpha value is -0.510. The van der Waals surface area contributed by atoms with Crippen LogP contribution in [0, 0.1) is 0 Å². The summed E-state index contributed by atoms with van der Waals surface area (Å²) in [6.07, 6.45) is 0. The number of hydrogen-bond acceptors (Lipinski definition) is 1. The fourth-order valence-corrected chi connectivity index (χ4v) is 1.55. The molecule has 0 unspecified atom stereocenters. The van der Waals surface area contributed by atoms with Crippen LogP contribution in [0.25, 0.3) is 0 Å². The molecule has 0 fully saturated rings. The summed E-state index contributed by atoms with van der Waals surface area (Å²) in [5.41, 5.74) is 6.22. The highest BCUT2D eigenvalue weighted by Gasteiger charge is 1.97. The third-order valence-electron chi connectivity index (χ3n) is 1.39. The molecule has 3 N–H and O–H groups in total. The van der Waals surface area contributed by atoms with E-state index in [1.807, 2.05) is 0 Å². The number of rotatable bonds is 2. The van der Waals surface area contributed by atoms with Crippen LogP contribution in [0.4, 0.5) is 0 Å². The molecule has 0 saturated heterocycles. The summed E-state index contributed by atoms with van der Waals surface area (Å²) < 4.78 is 0. The van der Waals surface area contributed by atoms with E-state index in [1.165, 1.54) is 0 Å². The van der Waals surface area contributed by atoms with E-state index in [0.717, 1.165) is 5.56 Å². The van der Waals surface area contributed by atoms with Crippen molar-refractivity contribution in [3.63, 3.8) is 0 Å². The summed E-state index contributed by atoms with van der Waals surface area (Å²) in [5.74, 6) is 0. The van der Waals surface area contributed by atoms with Crippen LogP contribution in [0.3, 0.4) is 0 Å². The molecular weight excluding hydrogens is 227 g/mol. The van der Waals surface area contributed by atoms with Crippen LogP contribution >= 0.6 is 35.4 Å². The molecule has 5 heteroatoms. The molecule has 0 aliphatic heterocycles. The SMILES string of the molecule is NC(=S)NCc1cc(Cl)cc(Cl)c1. The zero-order chi connectivity index (χ0) is 9.84. The first kappa shape index (κ1) is 10.6. The Bertz CT molecular complexity index is 308. The van der Waals surface area contributed by atoms with Gasteiger partial charge in [0.25, 0.3) is 0 Å². The number of benzene rings is 1. The summed E-state index contributed by atoms with van der Waals surface area (Å²) in [7, 11) is 0. The summed E-state index contributed by atoms with van der Waals surface area (Å²) in [6, 6.07) is 5.28. The molecule has 2 nitrogen and oxygen atoms in total. The second kappa shape index (κ2) is 4.65. The van der Waals surface area contributed by atoms with E-state index in [9.17, 15) is 0 Å². The van der Waals surface area contributed by atoms with Gasteiger partial charge in [-0.25, -0.2) is 0 Å². The summed E-state index contributed by atoms with van der Waals surface area (Å²) >= 11 is 16.2. The number of nitrogens with one attached hydrogen (secondary N) is 1. The summed E-state index contributed by atoms with van der Waals surface area (Å²) in [6.45, 7) is 0.537. The maximum Gasteiger partial charge on any atom is 0.163 e. The van der Waals surface area contributed by atoms with Gasteiger partial charge < -0.3 is 11.1 Å². The van der Waals surface area contributed by atoms with E-state index in [1.54, 1.807) is 18.2 Å². The Morgan fingerprint density at radius 2 is 1.85 bits per heavy atom. The molecule has 1 rings (SSSR count). The van der Waals surface area contributed by atoms with Crippen LogP contribution in [-0.2, 0) is 6.54 Å².